The van der Waals surface area contributed by atoms with Gasteiger partial charge in [-0.1, -0.05) is 6.07 Å². The summed E-state index contributed by atoms with van der Waals surface area (Å²) in [5, 5.41) is 5.10. The van der Waals surface area contributed by atoms with Crippen molar-refractivity contribution in [3.63, 3.8) is 0 Å². The summed E-state index contributed by atoms with van der Waals surface area (Å²) in [6, 6.07) is 7.41. The molecule has 0 spiro atoms. The minimum Gasteiger partial charge on any atom is -0.403 e. The fourth-order valence-corrected chi connectivity index (χ4v) is 2.21. The first kappa shape index (κ1) is 11.6. The molecule has 0 aliphatic carbocycles. The largest absolute Gasteiger partial charge is 0.403 e. The third kappa shape index (κ3) is 1.83. The zero-order valence-corrected chi connectivity index (χ0v) is 10.5. The van der Waals surface area contributed by atoms with Crippen LogP contribution in [0.5, 0.6) is 0 Å². The van der Waals surface area contributed by atoms with Crippen LogP contribution in [-0.4, -0.2) is 9.78 Å². The van der Waals surface area contributed by atoms with Crippen molar-refractivity contribution < 1.29 is 8.81 Å². The van der Waals surface area contributed by atoms with Crippen LogP contribution in [0.25, 0.3) is 16.8 Å². The van der Waals surface area contributed by atoms with E-state index in [1.807, 2.05) is 13.8 Å². The first-order valence-electron chi connectivity index (χ1n) is 5.82. The first-order valence-corrected chi connectivity index (χ1v) is 5.82. The molecule has 3 rings (SSSR count). The second-order valence-corrected chi connectivity index (χ2v) is 4.41. The maximum atomic E-state index is 13.3. The van der Waals surface area contributed by atoms with E-state index in [1.165, 1.54) is 22.9 Å². The Kier molecular flexibility index (Phi) is 2.48. The molecule has 0 saturated carbocycles. The minimum absolute atomic E-state index is 0.341. The minimum atomic E-state index is -0.442. The fraction of sp³-hybridized carbons (Fsp3) is 0.143. The summed E-state index contributed by atoms with van der Waals surface area (Å²) in [5.74, 6) is -0.367. The molecule has 0 aliphatic heterocycles. The second kappa shape index (κ2) is 4.05. The normalized spacial score (nSPS) is 11.1. The molecule has 1 aromatic carbocycles. The van der Waals surface area contributed by atoms with E-state index in [2.05, 4.69) is 5.10 Å². The van der Waals surface area contributed by atoms with Crippen molar-refractivity contribution in [3.05, 3.63) is 57.8 Å². The molecule has 5 heteroatoms. The molecule has 2 aromatic heterocycles. The highest BCUT2D eigenvalue weighted by molar-refractivity contribution is 5.81. The van der Waals surface area contributed by atoms with Crippen LogP contribution in [0.3, 0.4) is 0 Å². The quantitative estimate of drug-likeness (QED) is 0.674. The van der Waals surface area contributed by atoms with Gasteiger partial charge in [-0.05, 0) is 37.6 Å². The average Bonchev–Trinajstić information content (AvgIpc) is 2.66. The first-order chi connectivity index (χ1) is 9.06. The van der Waals surface area contributed by atoms with E-state index in [1.54, 1.807) is 12.1 Å². The molecular weight excluding hydrogens is 247 g/mol. The maximum absolute atomic E-state index is 13.3. The average molecular weight is 258 g/mol. The molecule has 0 fully saturated rings. The van der Waals surface area contributed by atoms with E-state index in [-0.39, 0.29) is 5.82 Å². The Morgan fingerprint density at radius 2 is 2.05 bits per heavy atom. The van der Waals surface area contributed by atoms with Crippen LogP contribution in [0.1, 0.15) is 11.3 Å². The Hall–Kier alpha value is -2.43. The van der Waals surface area contributed by atoms with Gasteiger partial charge in [-0.25, -0.2) is 9.18 Å². The van der Waals surface area contributed by atoms with Crippen LogP contribution in [0.4, 0.5) is 4.39 Å². The van der Waals surface area contributed by atoms with Crippen molar-refractivity contribution in [1.29, 1.82) is 0 Å². The third-order valence-corrected chi connectivity index (χ3v) is 3.00. The van der Waals surface area contributed by atoms with Gasteiger partial charge in [-0.15, -0.1) is 0 Å². The lowest BCUT2D eigenvalue weighted by Gasteiger charge is -2.02. The number of benzene rings is 1. The number of hydrogen-bond acceptors (Lipinski definition) is 3. The molecule has 0 amide bonds. The van der Waals surface area contributed by atoms with Crippen molar-refractivity contribution in [3.8, 4) is 5.69 Å². The molecule has 0 N–H and O–H groups in total. The Morgan fingerprint density at radius 3 is 2.79 bits per heavy atom. The lowest BCUT2D eigenvalue weighted by atomic mass is 10.2. The number of fused-ring (bicyclic) bond motifs is 1. The summed E-state index contributed by atoms with van der Waals surface area (Å²) >= 11 is 0. The van der Waals surface area contributed by atoms with E-state index < -0.39 is 5.63 Å². The zero-order valence-electron chi connectivity index (χ0n) is 10.5. The monoisotopic (exact) mass is 258 g/mol. The lowest BCUT2D eigenvalue weighted by Crippen LogP contribution is -2.02. The van der Waals surface area contributed by atoms with Crippen LogP contribution in [0.2, 0.25) is 0 Å². The molecule has 0 unspecified atom stereocenters. The predicted molar refractivity (Wildman–Crippen MR) is 69.0 cm³/mol. The van der Waals surface area contributed by atoms with Gasteiger partial charge in [0.1, 0.15) is 5.82 Å². The molecule has 19 heavy (non-hydrogen) atoms. The maximum Gasteiger partial charge on any atom is 0.337 e. The topological polar surface area (TPSA) is 48.0 Å². The summed E-state index contributed by atoms with van der Waals surface area (Å²) in [7, 11) is 0. The number of aryl methyl sites for hydroxylation is 2. The van der Waals surface area contributed by atoms with Gasteiger partial charge >= 0.3 is 5.63 Å². The molecule has 0 saturated heterocycles. The zero-order chi connectivity index (χ0) is 13.6. The van der Waals surface area contributed by atoms with E-state index >= 15 is 0 Å². The van der Waals surface area contributed by atoms with Crippen LogP contribution < -0.4 is 5.63 Å². The van der Waals surface area contributed by atoms with Crippen LogP contribution in [-0.2, 0) is 0 Å². The highest BCUT2D eigenvalue weighted by Gasteiger charge is 2.14. The molecule has 3 aromatic rings. The molecule has 96 valence electrons. The van der Waals surface area contributed by atoms with Gasteiger partial charge in [0.2, 0.25) is 5.71 Å². The van der Waals surface area contributed by atoms with Crippen molar-refractivity contribution in [2.45, 2.75) is 13.8 Å². The van der Waals surface area contributed by atoms with E-state index in [9.17, 15) is 9.18 Å². The van der Waals surface area contributed by atoms with Gasteiger partial charge in [0, 0.05) is 6.07 Å². The number of halogens is 1. The Morgan fingerprint density at radius 1 is 1.26 bits per heavy atom. The highest BCUT2D eigenvalue weighted by atomic mass is 19.1. The third-order valence-electron chi connectivity index (χ3n) is 3.00. The molecular formula is C14H11FN2O2. The summed E-state index contributed by atoms with van der Waals surface area (Å²) in [6.07, 6.45) is 0. The predicted octanol–water partition coefficient (Wildman–Crippen LogP) is 2.73. The Bertz CT molecular complexity index is 833. The van der Waals surface area contributed by atoms with E-state index in [0.29, 0.717) is 11.4 Å². The second-order valence-electron chi connectivity index (χ2n) is 4.41. The molecule has 0 radical (unpaired) electrons. The fourth-order valence-electron chi connectivity index (χ4n) is 2.21. The smallest absolute Gasteiger partial charge is 0.337 e. The number of hydrogen-bond donors (Lipinski definition) is 0. The summed E-state index contributed by atoms with van der Waals surface area (Å²) < 4.78 is 19.9. The number of rotatable bonds is 1. The SMILES string of the molecule is Cc1cc(=O)oc2c1c(C)nn2-c1cccc(F)c1. The van der Waals surface area contributed by atoms with Gasteiger partial charge in [0.25, 0.3) is 0 Å². The van der Waals surface area contributed by atoms with Crippen molar-refractivity contribution in [2.75, 3.05) is 0 Å². The Labute approximate surface area is 108 Å². The molecule has 4 nitrogen and oxygen atoms in total. The van der Waals surface area contributed by atoms with E-state index in [0.717, 1.165) is 16.6 Å². The summed E-state index contributed by atoms with van der Waals surface area (Å²) in [5.41, 5.74) is 1.95. The van der Waals surface area contributed by atoms with Gasteiger partial charge in [-0.2, -0.15) is 9.78 Å². The standard InChI is InChI=1S/C14H11FN2O2/c1-8-6-12(18)19-14-13(8)9(2)16-17(14)11-5-3-4-10(15)7-11/h3-7H,1-2H3. The van der Waals surface area contributed by atoms with Crippen LogP contribution in [0.15, 0.2) is 39.5 Å². The van der Waals surface area contributed by atoms with Gasteiger partial charge in [-0.3, -0.25) is 0 Å². The van der Waals surface area contributed by atoms with Crippen LogP contribution >= 0.6 is 0 Å². The molecule has 0 aliphatic rings. The van der Waals surface area contributed by atoms with E-state index in [4.69, 9.17) is 4.42 Å². The van der Waals surface area contributed by atoms with Gasteiger partial charge in [0.05, 0.1) is 16.8 Å². The summed E-state index contributed by atoms with van der Waals surface area (Å²) in [6.45, 7) is 3.65. The molecule has 0 bridgehead atoms. The van der Waals surface area contributed by atoms with Crippen molar-refractivity contribution in [1.82, 2.24) is 9.78 Å². The lowest BCUT2D eigenvalue weighted by molar-refractivity contribution is 0.534. The number of nitrogens with zero attached hydrogens (tertiary/aromatic N) is 2. The Balaban J connectivity index is 2.40. The number of aromatic nitrogens is 2. The molecule has 0 atom stereocenters. The van der Waals surface area contributed by atoms with Crippen molar-refractivity contribution >= 4 is 11.1 Å². The summed E-state index contributed by atoms with van der Waals surface area (Å²) in [4.78, 5) is 11.5. The van der Waals surface area contributed by atoms with Gasteiger partial charge < -0.3 is 4.42 Å². The van der Waals surface area contributed by atoms with Crippen LogP contribution in [0, 0.1) is 19.7 Å². The molecule has 2 heterocycles. The van der Waals surface area contributed by atoms with Gasteiger partial charge in [0.15, 0.2) is 0 Å². The highest BCUT2D eigenvalue weighted by Crippen LogP contribution is 2.23. The van der Waals surface area contributed by atoms with Crippen molar-refractivity contribution in [2.24, 2.45) is 0 Å².